The van der Waals surface area contributed by atoms with Crippen molar-refractivity contribution in [2.75, 3.05) is 24.5 Å². The maximum atomic E-state index is 11.9. The number of para-hydroxylation sites is 2. The van der Waals surface area contributed by atoms with Crippen molar-refractivity contribution in [1.29, 1.82) is 0 Å². The number of rotatable bonds is 2. The topological polar surface area (TPSA) is 41.4 Å². The first-order valence-electron chi connectivity index (χ1n) is 8.20. The molecule has 22 heavy (non-hydrogen) atoms. The third-order valence-electron chi connectivity index (χ3n) is 5.06. The minimum atomic E-state index is 0.348. The molecular weight excluding hydrogens is 276 g/mol. The van der Waals surface area contributed by atoms with E-state index in [0.29, 0.717) is 11.9 Å². The van der Waals surface area contributed by atoms with Crippen LogP contribution in [-0.4, -0.2) is 46.0 Å². The number of aryl methyl sites for hydroxylation is 1. The first kappa shape index (κ1) is 13.6. The normalized spacial score (nSPS) is 20.3. The van der Waals surface area contributed by atoms with Crippen molar-refractivity contribution >= 4 is 22.9 Å². The molecule has 3 heterocycles. The van der Waals surface area contributed by atoms with Gasteiger partial charge in [-0.2, -0.15) is 0 Å². The zero-order valence-corrected chi connectivity index (χ0v) is 13.0. The van der Waals surface area contributed by atoms with Crippen LogP contribution in [0.5, 0.6) is 0 Å². The van der Waals surface area contributed by atoms with Crippen LogP contribution in [0.25, 0.3) is 11.0 Å². The smallest absolute Gasteiger partial charge is 0.222 e. The van der Waals surface area contributed by atoms with E-state index in [9.17, 15) is 4.79 Å². The van der Waals surface area contributed by atoms with E-state index in [1.807, 2.05) is 6.07 Å². The fraction of sp³-hybridized carbons (Fsp3) is 0.529. The number of amides is 1. The SMILES string of the molecule is Cn1c(N2CCC(N3CCCC3=O)CC2)nc2ccccc21. The van der Waals surface area contributed by atoms with Crippen LogP contribution < -0.4 is 4.90 Å². The number of anilines is 1. The summed E-state index contributed by atoms with van der Waals surface area (Å²) in [5.41, 5.74) is 2.23. The van der Waals surface area contributed by atoms with Gasteiger partial charge in [0.05, 0.1) is 11.0 Å². The maximum absolute atomic E-state index is 11.9. The van der Waals surface area contributed by atoms with E-state index in [1.54, 1.807) is 0 Å². The molecule has 4 rings (SSSR count). The van der Waals surface area contributed by atoms with E-state index < -0.39 is 0 Å². The Balaban J connectivity index is 1.51. The molecule has 2 saturated heterocycles. The van der Waals surface area contributed by atoms with Gasteiger partial charge in [-0.1, -0.05) is 12.1 Å². The van der Waals surface area contributed by atoms with Gasteiger partial charge in [-0.25, -0.2) is 4.98 Å². The van der Waals surface area contributed by atoms with E-state index in [4.69, 9.17) is 4.98 Å². The second kappa shape index (κ2) is 5.30. The summed E-state index contributed by atoms with van der Waals surface area (Å²) >= 11 is 0. The summed E-state index contributed by atoms with van der Waals surface area (Å²) in [6.45, 7) is 2.91. The van der Waals surface area contributed by atoms with Gasteiger partial charge in [0, 0.05) is 39.1 Å². The fourth-order valence-corrected chi connectivity index (χ4v) is 3.85. The van der Waals surface area contributed by atoms with Crippen LogP contribution in [0.2, 0.25) is 0 Å². The van der Waals surface area contributed by atoms with E-state index in [1.165, 1.54) is 5.52 Å². The molecule has 2 aromatic rings. The Morgan fingerprint density at radius 1 is 1.14 bits per heavy atom. The second-order valence-corrected chi connectivity index (χ2v) is 6.37. The Hall–Kier alpha value is -2.04. The molecule has 0 radical (unpaired) electrons. The molecule has 0 bridgehead atoms. The monoisotopic (exact) mass is 298 g/mol. The molecule has 0 aliphatic carbocycles. The molecule has 5 nitrogen and oxygen atoms in total. The number of hydrogen-bond donors (Lipinski definition) is 0. The zero-order chi connectivity index (χ0) is 15.1. The van der Waals surface area contributed by atoms with Gasteiger partial charge >= 0.3 is 0 Å². The standard InChI is InChI=1S/C17H22N4O/c1-19-15-6-3-2-5-14(15)18-17(19)20-11-8-13(9-12-20)21-10-4-7-16(21)22/h2-3,5-6,13H,4,7-12H2,1H3. The largest absolute Gasteiger partial charge is 0.342 e. The van der Waals surface area contributed by atoms with Gasteiger partial charge in [-0.15, -0.1) is 0 Å². The Kier molecular flexibility index (Phi) is 3.28. The summed E-state index contributed by atoms with van der Waals surface area (Å²) in [4.78, 5) is 21.1. The van der Waals surface area contributed by atoms with Gasteiger partial charge in [-0.05, 0) is 31.4 Å². The highest BCUT2D eigenvalue weighted by Gasteiger charge is 2.31. The van der Waals surface area contributed by atoms with Crippen molar-refractivity contribution in [2.45, 2.75) is 31.7 Å². The Morgan fingerprint density at radius 3 is 2.59 bits per heavy atom. The van der Waals surface area contributed by atoms with Crippen molar-refractivity contribution in [3.05, 3.63) is 24.3 Å². The van der Waals surface area contributed by atoms with Crippen LogP contribution in [-0.2, 0) is 11.8 Å². The molecule has 2 fully saturated rings. The molecule has 1 amide bonds. The average Bonchev–Trinajstić information content (AvgIpc) is 3.12. The van der Waals surface area contributed by atoms with Crippen LogP contribution in [0.4, 0.5) is 5.95 Å². The Labute approximate surface area is 130 Å². The fourth-order valence-electron chi connectivity index (χ4n) is 3.85. The molecule has 1 aromatic heterocycles. The second-order valence-electron chi connectivity index (χ2n) is 6.37. The molecular formula is C17H22N4O. The molecule has 2 aliphatic rings. The third-order valence-corrected chi connectivity index (χ3v) is 5.06. The number of piperidine rings is 1. The summed E-state index contributed by atoms with van der Waals surface area (Å²) in [5.74, 6) is 1.40. The van der Waals surface area contributed by atoms with Gasteiger partial charge in [0.1, 0.15) is 0 Å². The van der Waals surface area contributed by atoms with Crippen LogP contribution in [0.3, 0.4) is 0 Å². The molecule has 0 N–H and O–H groups in total. The van der Waals surface area contributed by atoms with Gasteiger partial charge in [0.2, 0.25) is 11.9 Å². The molecule has 0 spiro atoms. The van der Waals surface area contributed by atoms with E-state index in [2.05, 4.69) is 39.6 Å². The minimum Gasteiger partial charge on any atom is -0.342 e. The van der Waals surface area contributed by atoms with E-state index in [0.717, 1.165) is 56.8 Å². The molecule has 0 saturated carbocycles. The number of fused-ring (bicyclic) bond motifs is 1. The first-order chi connectivity index (χ1) is 10.7. The van der Waals surface area contributed by atoms with Gasteiger partial charge in [0.25, 0.3) is 0 Å². The third kappa shape index (κ3) is 2.16. The highest BCUT2D eigenvalue weighted by atomic mass is 16.2. The number of imidazole rings is 1. The lowest BCUT2D eigenvalue weighted by Gasteiger charge is -2.37. The lowest BCUT2D eigenvalue weighted by atomic mass is 10.0. The molecule has 2 aliphatic heterocycles. The highest BCUT2D eigenvalue weighted by molar-refractivity contribution is 5.79. The average molecular weight is 298 g/mol. The number of hydrogen-bond acceptors (Lipinski definition) is 3. The zero-order valence-electron chi connectivity index (χ0n) is 13.0. The first-order valence-corrected chi connectivity index (χ1v) is 8.20. The quantitative estimate of drug-likeness (QED) is 0.853. The molecule has 0 atom stereocenters. The van der Waals surface area contributed by atoms with Gasteiger partial charge in [0.15, 0.2) is 0 Å². The summed E-state index contributed by atoms with van der Waals surface area (Å²) in [6, 6.07) is 8.69. The predicted octanol–water partition coefficient (Wildman–Crippen LogP) is 2.16. The molecule has 5 heteroatoms. The number of benzene rings is 1. The van der Waals surface area contributed by atoms with Crippen molar-refractivity contribution in [3.8, 4) is 0 Å². The maximum Gasteiger partial charge on any atom is 0.222 e. The minimum absolute atomic E-state index is 0.348. The predicted molar refractivity (Wildman–Crippen MR) is 86.9 cm³/mol. The summed E-state index contributed by atoms with van der Waals surface area (Å²) in [6.07, 6.45) is 3.87. The van der Waals surface area contributed by atoms with Crippen molar-refractivity contribution in [3.63, 3.8) is 0 Å². The number of carbonyl (C=O) groups excluding carboxylic acids is 1. The van der Waals surface area contributed by atoms with Crippen LogP contribution in [0.15, 0.2) is 24.3 Å². The highest BCUT2D eigenvalue weighted by Crippen LogP contribution is 2.27. The number of nitrogens with zero attached hydrogens (tertiary/aromatic N) is 4. The summed E-state index contributed by atoms with van der Waals surface area (Å²) < 4.78 is 2.18. The number of carbonyl (C=O) groups is 1. The Morgan fingerprint density at radius 2 is 1.91 bits per heavy atom. The van der Waals surface area contributed by atoms with Gasteiger partial charge in [-0.3, -0.25) is 4.79 Å². The Bertz CT molecular complexity index is 700. The number of aromatic nitrogens is 2. The summed E-state index contributed by atoms with van der Waals surface area (Å²) in [5, 5.41) is 0. The molecule has 116 valence electrons. The molecule has 0 unspecified atom stereocenters. The lowest BCUT2D eigenvalue weighted by Crippen LogP contribution is -2.46. The van der Waals surface area contributed by atoms with Crippen molar-refractivity contribution in [2.24, 2.45) is 7.05 Å². The van der Waals surface area contributed by atoms with Crippen molar-refractivity contribution in [1.82, 2.24) is 14.5 Å². The van der Waals surface area contributed by atoms with Crippen LogP contribution in [0, 0.1) is 0 Å². The van der Waals surface area contributed by atoms with Crippen LogP contribution in [0.1, 0.15) is 25.7 Å². The lowest BCUT2D eigenvalue weighted by molar-refractivity contribution is -0.130. The van der Waals surface area contributed by atoms with Crippen LogP contribution >= 0.6 is 0 Å². The number of likely N-dealkylation sites (tertiary alicyclic amines) is 1. The van der Waals surface area contributed by atoms with Gasteiger partial charge < -0.3 is 14.4 Å². The van der Waals surface area contributed by atoms with Crippen molar-refractivity contribution < 1.29 is 4.79 Å². The summed E-state index contributed by atoms with van der Waals surface area (Å²) in [7, 11) is 2.08. The molecule has 1 aromatic carbocycles. The van der Waals surface area contributed by atoms with E-state index >= 15 is 0 Å². The van der Waals surface area contributed by atoms with E-state index in [-0.39, 0.29) is 0 Å².